The minimum Gasteiger partial charge on any atom is -0.378 e. The minimum absolute atomic E-state index is 0. The number of halogens is 1. The van der Waals surface area contributed by atoms with Gasteiger partial charge >= 0.3 is 0 Å². The van der Waals surface area contributed by atoms with Crippen LogP contribution < -0.4 is 5.73 Å². The lowest BCUT2D eigenvalue weighted by atomic mass is 9.54. The molecular formula is C16H31ClN2O2. The number of hydrogen-bond acceptors (Lipinski definition) is 3. The van der Waals surface area contributed by atoms with Crippen LogP contribution in [0.4, 0.5) is 0 Å². The summed E-state index contributed by atoms with van der Waals surface area (Å²) >= 11 is 0. The van der Waals surface area contributed by atoms with Gasteiger partial charge in [0.1, 0.15) is 5.54 Å². The Morgan fingerprint density at radius 1 is 1.33 bits per heavy atom. The molecule has 21 heavy (non-hydrogen) atoms. The second-order valence-corrected chi connectivity index (χ2v) is 7.17. The Morgan fingerprint density at radius 2 is 2.00 bits per heavy atom. The van der Waals surface area contributed by atoms with Gasteiger partial charge in [-0.2, -0.15) is 0 Å². The van der Waals surface area contributed by atoms with Crippen LogP contribution >= 0.6 is 12.4 Å². The van der Waals surface area contributed by atoms with Crippen LogP contribution in [0, 0.1) is 11.3 Å². The fraction of sp³-hybridized carbons (Fsp3) is 0.938. The summed E-state index contributed by atoms with van der Waals surface area (Å²) < 4.78 is 5.72. The number of amides is 1. The molecule has 1 saturated heterocycles. The third-order valence-electron chi connectivity index (χ3n) is 5.52. The van der Waals surface area contributed by atoms with Crippen LogP contribution in [0.1, 0.15) is 53.4 Å². The van der Waals surface area contributed by atoms with Crippen LogP contribution in [-0.4, -0.2) is 42.1 Å². The average molecular weight is 319 g/mol. The number of hydrogen-bond donors (Lipinski definition) is 1. The summed E-state index contributed by atoms with van der Waals surface area (Å²) in [6, 6.07) is 0. The summed E-state index contributed by atoms with van der Waals surface area (Å²) in [5.74, 6) is 0.847. The third-order valence-corrected chi connectivity index (χ3v) is 5.52. The lowest BCUT2D eigenvalue weighted by Gasteiger charge is -2.58. The zero-order chi connectivity index (χ0) is 15.0. The molecule has 0 bridgehead atoms. The molecule has 0 aromatic rings. The molecule has 2 rings (SSSR count). The highest BCUT2D eigenvalue weighted by Gasteiger charge is 2.63. The van der Waals surface area contributed by atoms with E-state index >= 15 is 0 Å². The normalized spacial score (nSPS) is 35.4. The molecular weight excluding hydrogens is 288 g/mol. The van der Waals surface area contributed by atoms with Gasteiger partial charge in [0.05, 0.1) is 6.10 Å². The Bertz CT molecular complexity index is 375. The number of carbonyl (C=O) groups is 1. The van der Waals surface area contributed by atoms with E-state index in [0.29, 0.717) is 18.9 Å². The summed E-state index contributed by atoms with van der Waals surface area (Å²) in [6.45, 7) is 10.8. The van der Waals surface area contributed by atoms with Crippen LogP contribution in [0.5, 0.6) is 0 Å². The predicted octanol–water partition coefficient (Wildman–Crippen LogP) is 2.59. The average Bonchev–Trinajstić information content (AvgIpc) is 2.62. The first-order valence-corrected chi connectivity index (χ1v) is 8.02. The highest BCUT2D eigenvalue weighted by Crippen LogP contribution is 2.50. The minimum atomic E-state index is -0.750. The van der Waals surface area contributed by atoms with Gasteiger partial charge in [-0.1, -0.05) is 20.8 Å². The number of ether oxygens (including phenoxy) is 1. The van der Waals surface area contributed by atoms with Crippen LogP contribution in [0.3, 0.4) is 0 Å². The Kier molecular flexibility index (Phi) is 6.10. The van der Waals surface area contributed by atoms with Crippen molar-refractivity contribution in [1.82, 2.24) is 4.90 Å². The topological polar surface area (TPSA) is 55.6 Å². The Labute approximate surface area is 135 Å². The van der Waals surface area contributed by atoms with Gasteiger partial charge in [0, 0.05) is 31.5 Å². The van der Waals surface area contributed by atoms with Crippen molar-refractivity contribution in [3.05, 3.63) is 0 Å². The van der Waals surface area contributed by atoms with Crippen LogP contribution in [0.15, 0.2) is 0 Å². The van der Waals surface area contributed by atoms with Crippen LogP contribution in [0.2, 0.25) is 0 Å². The first-order valence-electron chi connectivity index (χ1n) is 8.02. The zero-order valence-electron chi connectivity index (χ0n) is 13.9. The van der Waals surface area contributed by atoms with Gasteiger partial charge < -0.3 is 15.4 Å². The van der Waals surface area contributed by atoms with Crippen molar-refractivity contribution < 1.29 is 9.53 Å². The second-order valence-electron chi connectivity index (χ2n) is 7.17. The lowest BCUT2D eigenvalue weighted by molar-refractivity contribution is -0.179. The van der Waals surface area contributed by atoms with E-state index in [2.05, 4.69) is 20.8 Å². The zero-order valence-corrected chi connectivity index (χ0v) is 14.7. The van der Waals surface area contributed by atoms with Gasteiger partial charge in [0.25, 0.3) is 0 Å². The maximum Gasteiger partial charge on any atom is 0.243 e. The summed E-state index contributed by atoms with van der Waals surface area (Å²) in [7, 11) is 0. The highest BCUT2D eigenvalue weighted by atomic mass is 35.5. The van der Waals surface area contributed by atoms with E-state index < -0.39 is 5.54 Å². The fourth-order valence-electron chi connectivity index (χ4n) is 3.55. The first-order chi connectivity index (χ1) is 9.33. The fourth-order valence-corrected chi connectivity index (χ4v) is 3.55. The summed E-state index contributed by atoms with van der Waals surface area (Å²) in [5, 5.41) is 0. The molecule has 3 unspecified atom stereocenters. The summed E-state index contributed by atoms with van der Waals surface area (Å²) in [4.78, 5) is 14.9. The number of likely N-dealkylation sites (tertiary alicyclic amines) is 1. The monoisotopic (exact) mass is 318 g/mol. The van der Waals surface area contributed by atoms with Gasteiger partial charge in [0.15, 0.2) is 0 Å². The van der Waals surface area contributed by atoms with Crippen LogP contribution in [-0.2, 0) is 9.53 Å². The van der Waals surface area contributed by atoms with E-state index in [4.69, 9.17) is 10.5 Å². The molecule has 2 N–H and O–H groups in total. The molecule has 1 saturated carbocycles. The maximum absolute atomic E-state index is 12.9. The van der Waals surface area contributed by atoms with E-state index in [1.165, 1.54) is 6.42 Å². The van der Waals surface area contributed by atoms with Gasteiger partial charge in [-0.15, -0.1) is 12.4 Å². The molecule has 0 spiro atoms. The molecule has 5 heteroatoms. The Hall–Kier alpha value is -0.320. The van der Waals surface area contributed by atoms with Gasteiger partial charge in [-0.3, -0.25) is 4.79 Å². The highest BCUT2D eigenvalue weighted by molar-refractivity contribution is 5.89. The van der Waals surface area contributed by atoms with Crippen molar-refractivity contribution in [2.75, 3.05) is 19.7 Å². The molecule has 1 aliphatic heterocycles. The summed E-state index contributed by atoms with van der Waals surface area (Å²) in [5.41, 5.74) is 5.46. The first kappa shape index (κ1) is 18.7. The Balaban J connectivity index is 0.00000220. The molecule has 2 fully saturated rings. The molecule has 1 heterocycles. The molecule has 0 radical (unpaired) electrons. The molecule has 0 aromatic heterocycles. The van der Waals surface area contributed by atoms with Crippen molar-refractivity contribution in [2.45, 2.75) is 65.0 Å². The predicted molar refractivity (Wildman–Crippen MR) is 87.6 cm³/mol. The molecule has 2 aliphatic rings. The number of carbonyl (C=O) groups excluding carboxylic acids is 1. The van der Waals surface area contributed by atoms with E-state index in [0.717, 1.165) is 25.9 Å². The van der Waals surface area contributed by atoms with Crippen molar-refractivity contribution in [3.63, 3.8) is 0 Å². The molecule has 1 amide bonds. The van der Waals surface area contributed by atoms with Gasteiger partial charge in [0.2, 0.25) is 5.91 Å². The van der Waals surface area contributed by atoms with Crippen molar-refractivity contribution >= 4 is 18.3 Å². The Morgan fingerprint density at radius 3 is 2.57 bits per heavy atom. The van der Waals surface area contributed by atoms with E-state index in [1.807, 2.05) is 11.8 Å². The van der Waals surface area contributed by atoms with Crippen molar-refractivity contribution in [1.29, 1.82) is 0 Å². The van der Waals surface area contributed by atoms with Gasteiger partial charge in [-0.25, -0.2) is 0 Å². The molecule has 124 valence electrons. The standard InChI is InChI=1S/C16H30N2O2.ClH/c1-5-20-13-11-16(17,15(13,3)4)14(19)18-9-6-7-12(2)8-10-18;/h12-13H,5-11,17H2,1-4H3;1H. The van der Waals surface area contributed by atoms with E-state index in [9.17, 15) is 4.79 Å². The molecule has 4 nitrogen and oxygen atoms in total. The van der Waals surface area contributed by atoms with Gasteiger partial charge in [-0.05, 0) is 32.1 Å². The van der Waals surface area contributed by atoms with Crippen molar-refractivity contribution in [3.8, 4) is 0 Å². The van der Waals surface area contributed by atoms with Crippen LogP contribution in [0.25, 0.3) is 0 Å². The van der Waals surface area contributed by atoms with Crippen molar-refractivity contribution in [2.24, 2.45) is 17.1 Å². The smallest absolute Gasteiger partial charge is 0.243 e. The third kappa shape index (κ3) is 3.22. The second kappa shape index (κ2) is 6.84. The van der Waals surface area contributed by atoms with E-state index in [-0.39, 0.29) is 29.8 Å². The molecule has 3 atom stereocenters. The summed E-state index contributed by atoms with van der Waals surface area (Å²) in [6.07, 6.45) is 4.16. The van der Waals surface area contributed by atoms with E-state index in [1.54, 1.807) is 0 Å². The molecule has 1 aliphatic carbocycles. The quantitative estimate of drug-likeness (QED) is 0.870. The number of nitrogens with zero attached hydrogens (tertiary/aromatic N) is 1. The SMILES string of the molecule is CCOC1CC(N)(C(=O)N2CCCC(C)CC2)C1(C)C.Cl. The maximum atomic E-state index is 12.9. The number of nitrogens with two attached hydrogens (primary N) is 1. The molecule has 0 aromatic carbocycles. The largest absolute Gasteiger partial charge is 0.378 e. The lowest BCUT2D eigenvalue weighted by Crippen LogP contribution is -2.76. The number of rotatable bonds is 3.